The van der Waals surface area contributed by atoms with Gasteiger partial charge in [-0.2, -0.15) is 0 Å². The Kier molecular flexibility index (Phi) is 5.43. The molecule has 0 spiro atoms. The second-order valence-electron chi connectivity index (χ2n) is 3.87. The monoisotopic (exact) mass is 272 g/mol. The molecule has 3 N–H and O–H groups in total. The molecule has 1 atom stereocenters. The molecule has 0 aliphatic rings. The molecule has 0 radical (unpaired) electrons. The van der Waals surface area contributed by atoms with Gasteiger partial charge in [0.2, 0.25) is 10.0 Å². The summed E-state index contributed by atoms with van der Waals surface area (Å²) in [7, 11) is -3.42. The summed E-state index contributed by atoms with van der Waals surface area (Å²) in [6, 6.07) is 6.80. The molecule has 1 aromatic rings. The zero-order valence-electron chi connectivity index (χ0n) is 10.7. The van der Waals surface area contributed by atoms with Crippen molar-refractivity contribution < 1.29 is 13.2 Å². The molecule has 0 amide bonds. The number of anilines is 1. The Hall–Kier alpha value is -1.27. The summed E-state index contributed by atoms with van der Waals surface area (Å²) in [5.41, 5.74) is 5.97. The summed E-state index contributed by atoms with van der Waals surface area (Å²) in [5, 5.41) is -0.566. The number of nitrogens with one attached hydrogen (secondary N) is 1. The minimum absolute atomic E-state index is 0.114. The second kappa shape index (κ2) is 6.61. The number of ether oxygens (including phenoxy) is 1. The van der Waals surface area contributed by atoms with E-state index in [-0.39, 0.29) is 6.54 Å². The largest absolute Gasteiger partial charge is 0.494 e. The van der Waals surface area contributed by atoms with Crippen LogP contribution in [0.15, 0.2) is 24.3 Å². The van der Waals surface area contributed by atoms with Crippen molar-refractivity contribution in [3.8, 4) is 5.75 Å². The van der Waals surface area contributed by atoms with Gasteiger partial charge in [-0.05, 0) is 37.6 Å². The van der Waals surface area contributed by atoms with Crippen molar-refractivity contribution in [2.45, 2.75) is 25.5 Å². The zero-order valence-corrected chi connectivity index (χ0v) is 11.5. The van der Waals surface area contributed by atoms with E-state index >= 15 is 0 Å². The van der Waals surface area contributed by atoms with E-state index in [0.717, 1.165) is 0 Å². The number of hydrogen-bond donors (Lipinski definition) is 2. The van der Waals surface area contributed by atoms with Crippen molar-refractivity contribution in [1.29, 1.82) is 0 Å². The Bertz CT molecular complexity index is 453. The lowest BCUT2D eigenvalue weighted by atomic mass is 10.3. The normalized spacial score (nSPS) is 13.1. The number of sulfonamides is 1. The molecule has 0 aromatic heterocycles. The summed E-state index contributed by atoms with van der Waals surface area (Å²) < 4.78 is 31.7. The van der Waals surface area contributed by atoms with Gasteiger partial charge in [-0.3, -0.25) is 4.72 Å². The fourth-order valence-electron chi connectivity index (χ4n) is 1.55. The third kappa shape index (κ3) is 3.89. The van der Waals surface area contributed by atoms with Crippen LogP contribution in [0.1, 0.15) is 20.3 Å². The predicted molar refractivity (Wildman–Crippen MR) is 73.3 cm³/mol. The van der Waals surface area contributed by atoms with E-state index in [1.807, 2.05) is 6.92 Å². The SMILES string of the molecule is CCOc1ccc(NS(=O)(=O)C(CC)CN)cc1. The molecular formula is C12H20N2O3S. The molecule has 0 aliphatic heterocycles. The van der Waals surface area contributed by atoms with Gasteiger partial charge < -0.3 is 10.5 Å². The van der Waals surface area contributed by atoms with Gasteiger partial charge in [0.15, 0.2) is 0 Å². The maximum absolute atomic E-state index is 12.0. The molecule has 6 heteroatoms. The molecule has 1 aromatic carbocycles. The number of rotatable bonds is 7. The van der Waals surface area contributed by atoms with Crippen LogP contribution in [0.25, 0.3) is 0 Å². The lowest BCUT2D eigenvalue weighted by Gasteiger charge is -2.15. The molecule has 102 valence electrons. The Morgan fingerprint density at radius 1 is 1.28 bits per heavy atom. The quantitative estimate of drug-likeness (QED) is 0.789. The van der Waals surface area contributed by atoms with Crippen LogP contribution >= 0.6 is 0 Å². The Labute approximate surface area is 108 Å². The maximum Gasteiger partial charge on any atom is 0.236 e. The van der Waals surface area contributed by atoms with E-state index in [1.165, 1.54) is 0 Å². The van der Waals surface area contributed by atoms with Crippen LogP contribution in [-0.2, 0) is 10.0 Å². The molecule has 1 rings (SSSR count). The van der Waals surface area contributed by atoms with Crippen LogP contribution in [0.2, 0.25) is 0 Å². The van der Waals surface area contributed by atoms with E-state index in [4.69, 9.17) is 10.5 Å². The van der Waals surface area contributed by atoms with Crippen molar-refractivity contribution in [2.75, 3.05) is 17.9 Å². The molecule has 0 fully saturated rings. The molecule has 0 aliphatic carbocycles. The van der Waals surface area contributed by atoms with Gasteiger partial charge in [-0.15, -0.1) is 0 Å². The van der Waals surface area contributed by atoms with Gasteiger partial charge in [-0.25, -0.2) is 8.42 Å². The minimum Gasteiger partial charge on any atom is -0.494 e. The van der Waals surface area contributed by atoms with Gasteiger partial charge in [0.1, 0.15) is 5.75 Å². The van der Waals surface area contributed by atoms with E-state index in [0.29, 0.717) is 24.5 Å². The molecule has 5 nitrogen and oxygen atoms in total. The fraction of sp³-hybridized carbons (Fsp3) is 0.500. The fourth-order valence-corrected chi connectivity index (χ4v) is 2.87. The lowest BCUT2D eigenvalue weighted by molar-refractivity contribution is 0.340. The Morgan fingerprint density at radius 3 is 2.33 bits per heavy atom. The van der Waals surface area contributed by atoms with Gasteiger partial charge in [-0.1, -0.05) is 6.92 Å². The summed E-state index contributed by atoms with van der Waals surface area (Å²) in [5.74, 6) is 0.714. The number of nitrogens with two attached hydrogens (primary N) is 1. The third-order valence-electron chi connectivity index (χ3n) is 2.58. The van der Waals surface area contributed by atoms with Crippen LogP contribution in [0, 0.1) is 0 Å². The van der Waals surface area contributed by atoms with Crippen molar-refractivity contribution >= 4 is 15.7 Å². The summed E-state index contributed by atoms with van der Waals surface area (Å²) in [6.45, 7) is 4.39. The summed E-state index contributed by atoms with van der Waals surface area (Å²) in [6.07, 6.45) is 0.489. The van der Waals surface area contributed by atoms with Crippen molar-refractivity contribution in [2.24, 2.45) is 5.73 Å². The third-order valence-corrected chi connectivity index (χ3v) is 4.51. The summed E-state index contributed by atoms with van der Waals surface area (Å²) >= 11 is 0. The molecule has 1 unspecified atom stereocenters. The van der Waals surface area contributed by atoms with Crippen molar-refractivity contribution in [3.05, 3.63) is 24.3 Å². The predicted octanol–water partition coefficient (Wildman–Crippen LogP) is 1.56. The lowest BCUT2D eigenvalue weighted by Crippen LogP contribution is -2.33. The number of benzene rings is 1. The van der Waals surface area contributed by atoms with E-state index in [1.54, 1.807) is 31.2 Å². The molecule has 0 saturated carbocycles. The van der Waals surface area contributed by atoms with Gasteiger partial charge >= 0.3 is 0 Å². The van der Waals surface area contributed by atoms with Gasteiger partial charge in [0, 0.05) is 12.2 Å². The van der Waals surface area contributed by atoms with Crippen LogP contribution in [-0.4, -0.2) is 26.8 Å². The van der Waals surface area contributed by atoms with Gasteiger partial charge in [0.05, 0.1) is 11.9 Å². The van der Waals surface area contributed by atoms with Crippen LogP contribution in [0.5, 0.6) is 5.75 Å². The average molecular weight is 272 g/mol. The maximum atomic E-state index is 12.0. The van der Waals surface area contributed by atoms with Crippen LogP contribution < -0.4 is 15.2 Å². The Balaban J connectivity index is 2.78. The van der Waals surface area contributed by atoms with E-state index in [2.05, 4.69) is 4.72 Å². The first-order valence-electron chi connectivity index (χ1n) is 5.98. The van der Waals surface area contributed by atoms with E-state index in [9.17, 15) is 8.42 Å². The highest BCUT2D eigenvalue weighted by Gasteiger charge is 2.21. The first-order chi connectivity index (χ1) is 8.53. The Morgan fingerprint density at radius 2 is 1.89 bits per heavy atom. The first-order valence-corrected chi connectivity index (χ1v) is 7.52. The number of hydrogen-bond acceptors (Lipinski definition) is 4. The highest BCUT2D eigenvalue weighted by atomic mass is 32.2. The van der Waals surface area contributed by atoms with Crippen LogP contribution in [0.4, 0.5) is 5.69 Å². The molecule has 0 saturated heterocycles. The standard InChI is InChI=1S/C12H20N2O3S/c1-3-12(9-13)18(15,16)14-10-5-7-11(8-6-10)17-4-2/h5-8,12,14H,3-4,9,13H2,1-2H3. The van der Waals surface area contributed by atoms with Crippen molar-refractivity contribution in [3.63, 3.8) is 0 Å². The highest BCUT2D eigenvalue weighted by Crippen LogP contribution is 2.18. The topological polar surface area (TPSA) is 81.4 Å². The average Bonchev–Trinajstić information content (AvgIpc) is 2.33. The van der Waals surface area contributed by atoms with E-state index < -0.39 is 15.3 Å². The zero-order chi connectivity index (χ0) is 13.6. The molecular weight excluding hydrogens is 252 g/mol. The molecule has 18 heavy (non-hydrogen) atoms. The van der Waals surface area contributed by atoms with Crippen molar-refractivity contribution in [1.82, 2.24) is 0 Å². The minimum atomic E-state index is -3.42. The first kappa shape index (κ1) is 14.8. The second-order valence-corrected chi connectivity index (χ2v) is 5.83. The van der Waals surface area contributed by atoms with Gasteiger partial charge in [0.25, 0.3) is 0 Å². The smallest absolute Gasteiger partial charge is 0.236 e. The van der Waals surface area contributed by atoms with Crippen LogP contribution in [0.3, 0.4) is 0 Å². The molecule has 0 bridgehead atoms. The summed E-state index contributed by atoms with van der Waals surface area (Å²) in [4.78, 5) is 0. The highest BCUT2D eigenvalue weighted by molar-refractivity contribution is 7.93. The molecule has 0 heterocycles.